The fourth-order valence-corrected chi connectivity index (χ4v) is 2.80. The van der Waals surface area contributed by atoms with Crippen LogP contribution in [-0.2, 0) is 13.5 Å². The summed E-state index contributed by atoms with van der Waals surface area (Å²) in [7, 11) is 1.91. The van der Waals surface area contributed by atoms with Crippen LogP contribution in [0.5, 0.6) is 0 Å². The smallest absolute Gasteiger partial charge is 0.107 e. The van der Waals surface area contributed by atoms with Gasteiger partial charge in [-0.2, -0.15) is 5.10 Å². The summed E-state index contributed by atoms with van der Waals surface area (Å²) in [4.78, 5) is 0.386. The Kier molecular flexibility index (Phi) is 4.55. The van der Waals surface area contributed by atoms with E-state index in [1.165, 1.54) is 5.56 Å². The fourth-order valence-electron chi connectivity index (χ4n) is 1.86. The molecular weight excluding hydrogens is 324 g/mol. The van der Waals surface area contributed by atoms with Gasteiger partial charge in [0.05, 0.1) is 6.20 Å². The summed E-state index contributed by atoms with van der Waals surface area (Å²) in [6.07, 6.45) is 4.78. The highest BCUT2D eigenvalue weighted by Gasteiger charge is 2.08. The number of aromatic nitrogens is 2. The molecular formula is C13H15BrN4S. The Morgan fingerprint density at radius 2 is 2.32 bits per heavy atom. The normalized spacial score (nSPS) is 10.4. The van der Waals surface area contributed by atoms with Gasteiger partial charge in [-0.25, -0.2) is 0 Å². The zero-order valence-corrected chi connectivity index (χ0v) is 13.0. The van der Waals surface area contributed by atoms with Crippen LogP contribution >= 0.6 is 28.1 Å². The maximum Gasteiger partial charge on any atom is 0.107 e. The third kappa shape index (κ3) is 3.54. The zero-order valence-electron chi connectivity index (χ0n) is 10.6. The second-order valence-electron chi connectivity index (χ2n) is 4.23. The monoisotopic (exact) mass is 338 g/mol. The molecule has 0 amide bonds. The highest BCUT2D eigenvalue weighted by molar-refractivity contribution is 9.10. The molecule has 1 heterocycles. The quantitative estimate of drug-likeness (QED) is 0.822. The van der Waals surface area contributed by atoms with Crippen molar-refractivity contribution in [3.63, 3.8) is 0 Å². The molecule has 0 aliphatic heterocycles. The van der Waals surface area contributed by atoms with E-state index in [1.54, 1.807) is 4.68 Å². The first kappa shape index (κ1) is 14.0. The number of halogens is 1. The number of nitrogens with zero attached hydrogens (tertiary/aromatic N) is 2. The number of thiocarbonyl (C=S) groups is 1. The Bertz CT molecular complexity index is 594. The van der Waals surface area contributed by atoms with Crippen molar-refractivity contribution in [3.8, 4) is 0 Å². The van der Waals surface area contributed by atoms with E-state index in [1.807, 2.05) is 37.6 Å². The molecule has 19 heavy (non-hydrogen) atoms. The van der Waals surface area contributed by atoms with Crippen LogP contribution in [-0.4, -0.2) is 21.3 Å². The van der Waals surface area contributed by atoms with Crippen molar-refractivity contribution in [3.05, 3.63) is 46.2 Å². The largest absolute Gasteiger partial charge is 0.389 e. The molecule has 0 aliphatic rings. The topological polar surface area (TPSA) is 55.9 Å². The first-order chi connectivity index (χ1) is 9.08. The van der Waals surface area contributed by atoms with Crippen molar-refractivity contribution >= 4 is 38.8 Å². The molecule has 2 rings (SSSR count). The molecule has 0 atom stereocenters. The maximum absolute atomic E-state index is 5.75. The van der Waals surface area contributed by atoms with Gasteiger partial charge in [0.15, 0.2) is 0 Å². The van der Waals surface area contributed by atoms with Crippen molar-refractivity contribution < 1.29 is 0 Å². The van der Waals surface area contributed by atoms with Crippen molar-refractivity contribution in [1.29, 1.82) is 0 Å². The lowest BCUT2D eigenvalue weighted by molar-refractivity contribution is 0.767. The maximum atomic E-state index is 5.75. The van der Waals surface area contributed by atoms with Crippen LogP contribution in [0.1, 0.15) is 11.1 Å². The first-order valence-electron chi connectivity index (χ1n) is 5.87. The average molecular weight is 339 g/mol. The lowest BCUT2D eigenvalue weighted by atomic mass is 10.1. The molecule has 0 bridgehead atoms. The highest BCUT2D eigenvalue weighted by Crippen LogP contribution is 2.24. The molecule has 0 unspecified atom stereocenters. The lowest BCUT2D eigenvalue weighted by Crippen LogP contribution is -2.15. The SMILES string of the molecule is Cn1cc(CCNc2cccc(Br)c2C(N)=S)cn1. The average Bonchev–Trinajstić information content (AvgIpc) is 2.74. The van der Waals surface area contributed by atoms with Crippen molar-refractivity contribution in [2.75, 3.05) is 11.9 Å². The standard InChI is InChI=1S/C13H15BrN4S/c1-18-8-9(7-17-18)5-6-16-11-4-2-3-10(14)12(11)13(15)19/h2-4,7-8,16H,5-6H2,1H3,(H2,15,19). The molecule has 0 saturated heterocycles. The van der Waals surface area contributed by atoms with Crippen molar-refractivity contribution in [2.24, 2.45) is 12.8 Å². The van der Waals surface area contributed by atoms with Crippen molar-refractivity contribution in [1.82, 2.24) is 9.78 Å². The molecule has 2 aromatic rings. The second-order valence-corrected chi connectivity index (χ2v) is 5.52. The van der Waals surface area contributed by atoms with Crippen LogP contribution in [0.15, 0.2) is 35.1 Å². The number of rotatable bonds is 5. The minimum Gasteiger partial charge on any atom is -0.389 e. The number of hydrogen-bond donors (Lipinski definition) is 2. The summed E-state index contributed by atoms with van der Waals surface area (Å²) in [6.45, 7) is 0.803. The number of anilines is 1. The predicted octanol–water partition coefficient (Wildman–Crippen LogP) is 2.47. The number of aryl methyl sites for hydroxylation is 1. The molecule has 4 nitrogen and oxygen atoms in total. The molecule has 100 valence electrons. The summed E-state index contributed by atoms with van der Waals surface area (Å²) in [5, 5.41) is 7.50. The summed E-state index contributed by atoms with van der Waals surface area (Å²) < 4.78 is 2.71. The molecule has 0 fully saturated rings. The van der Waals surface area contributed by atoms with Gasteiger partial charge in [0.25, 0.3) is 0 Å². The van der Waals surface area contributed by atoms with E-state index in [-0.39, 0.29) is 0 Å². The van der Waals surface area contributed by atoms with Gasteiger partial charge >= 0.3 is 0 Å². The van der Waals surface area contributed by atoms with Crippen LogP contribution in [0.2, 0.25) is 0 Å². The van der Waals surface area contributed by atoms with E-state index in [0.29, 0.717) is 4.99 Å². The van der Waals surface area contributed by atoms with Gasteiger partial charge in [-0.1, -0.05) is 18.3 Å². The Morgan fingerprint density at radius 1 is 1.53 bits per heavy atom. The number of nitrogens with two attached hydrogens (primary N) is 1. The molecule has 3 N–H and O–H groups in total. The molecule has 0 radical (unpaired) electrons. The van der Waals surface area contributed by atoms with E-state index in [0.717, 1.165) is 28.7 Å². The number of hydrogen-bond acceptors (Lipinski definition) is 3. The molecule has 0 aliphatic carbocycles. The van der Waals surface area contributed by atoms with Crippen LogP contribution in [0.3, 0.4) is 0 Å². The van der Waals surface area contributed by atoms with Crippen LogP contribution in [0, 0.1) is 0 Å². The van der Waals surface area contributed by atoms with Crippen LogP contribution < -0.4 is 11.1 Å². The summed E-state index contributed by atoms with van der Waals surface area (Å²) in [6, 6.07) is 5.86. The van der Waals surface area contributed by atoms with Gasteiger partial charge in [-0.15, -0.1) is 0 Å². The minimum atomic E-state index is 0.386. The van der Waals surface area contributed by atoms with E-state index < -0.39 is 0 Å². The van der Waals surface area contributed by atoms with E-state index >= 15 is 0 Å². The van der Waals surface area contributed by atoms with Gasteiger partial charge in [-0.05, 0) is 40.0 Å². The van der Waals surface area contributed by atoms with E-state index in [4.69, 9.17) is 18.0 Å². The molecule has 1 aromatic carbocycles. The molecule has 1 aromatic heterocycles. The zero-order chi connectivity index (χ0) is 13.8. The first-order valence-corrected chi connectivity index (χ1v) is 7.08. The Hall–Kier alpha value is -1.40. The van der Waals surface area contributed by atoms with Gasteiger partial charge in [0.2, 0.25) is 0 Å². The Morgan fingerprint density at radius 3 is 2.95 bits per heavy atom. The van der Waals surface area contributed by atoms with Gasteiger partial charge in [0.1, 0.15) is 4.99 Å². The van der Waals surface area contributed by atoms with Crippen LogP contribution in [0.25, 0.3) is 0 Å². The van der Waals surface area contributed by atoms with E-state index in [2.05, 4.69) is 26.3 Å². The summed E-state index contributed by atoms with van der Waals surface area (Å²) >= 11 is 8.55. The molecule has 0 saturated carbocycles. The van der Waals surface area contributed by atoms with Crippen LogP contribution in [0.4, 0.5) is 5.69 Å². The number of benzene rings is 1. The van der Waals surface area contributed by atoms with Gasteiger partial charge < -0.3 is 11.1 Å². The lowest BCUT2D eigenvalue weighted by Gasteiger charge is -2.12. The Balaban J connectivity index is 2.03. The third-order valence-corrected chi connectivity index (χ3v) is 3.61. The van der Waals surface area contributed by atoms with Crippen molar-refractivity contribution in [2.45, 2.75) is 6.42 Å². The fraction of sp³-hybridized carbons (Fsp3) is 0.231. The van der Waals surface area contributed by atoms with Gasteiger partial charge in [0, 0.05) is 35.5 Å². The highest BCUT2D eigenvalue weighted by atomic mass is 79.9. The number of nitrogens with one attached hydrogen (secondary N) is 1. The minimum absolute atomic E-state index is 0.386. The van der Waals surface area contributed by atoms with E-state index in [9.17, 15) is 0 Å². The van der Waals surface area contributed by atoms with Gasteiger partial charge in [-0.3, -0.25) is 4.68 Å². The second kappa shape index (κ2) is 6.16. The molecule has 6 heteroatoms. The predicted molar refractivity (Wildman–Crippen MR) is 85.4 cm³/mol. The Labute approximate surface area is 126 Å². The third-order valence-electron chi connectivity index (χ3n) is 2.75. The molecule has 0 spiro atoms. The summed E-state index contributed by atoms with van der Waals surface area (Å²) in [5.41, 5.74) is 8.75. The summed E-state index contributed by atoms with van der Waals surface area (Å²) in [5.74, 6) is 0.